The summed E-state index contributed by atoms with van der Waals surface area (Å²) < 4.78 is 74.8. The van der Waals surface area contributed by atoms with E-state index in [0.717, 1.165) is 0 Å². The van der Waals surface area contributed by atoms with Gasteiger partial charge in [0.25, 0.3) is 0 Å². The molecule has 1 rings (SSSR count). The molecule has 0 N–H and O–H groups in total. The lowest BCUT2D eigenvalue weighted by Gasteiger charge is -2.12. The van der Waals surface area contributed by atoms with Crippen LogP contribution in [0.5, 0.6) is 0 Å². The van der Waals surface area contributed by atoms with E-state index in [0.29, 0.717) is 0 Å². The Hall–Kier alpha value is -0.720. The van der Waals surface area contributed by atoms with E-state index in [2.05, 4.69) is 15.9 Å². The molecule has 0 nitrogen and oxygen atoms in total. The minimum absolute atomic E-state index is 0.0605. The van der Waals surface area contributed by atoms with Crippen LogP contribution < -0.4 is 0 Å². The van der Waals surface area contributed by atoms with Gasteiger partial charge in [0, 0.05) is 10.9 Å². The number of hydrogen-bond acceptors (Lipinski definition) is 0. The normalized spacial score (nSPS) is 11.9. The zero-order chi connectivity index (χ0) is 11.8. The summed E-state index contributed by atoms with van der Waals surface area (Å²) in [6.45, 7) is 0. The molecule has 0 aliphatic carbocycles. The summed E-state index contributed by atoms with van der Waals surface area (Å²) >= 11 is 2.58. The molecule has 0 aliphatic rings. The molecular weight excluding hydrogens is 290 g/mol. The lowest BCUT2D eigenvalue weighted by molar-refractivity contribution is -0.138. The predicted octanol–water partition coefficient (Wildman–Crippen LogP) is 4.02. The van der Waals surface area contributed by atoms with Crippen molar-refractivity contribution in [3.63, 3.8) is 0 Å². The molecule has 15 heavy (non-hydrogen) atoms. The molecule has 0 aromatic heterocycles. The molecule has 0 aliphatic heterocycles. The van der Waals surface area contributed by atoms with Gasteiger partial charge in [-0.2, -0.15) is 13.2 Å². The zero-order valence-electron chi connectivity index (χ0n) is 6.93. The van der Waals surface area contributed by atoms with Crippen molar-refractivity contribution in [1.29, 1.82) is 0 Å². The molecule has 0 radical (unpaired) electrons. The summed E-state index contributed by atoms with van der Waals surface area (Å²) in [7, 11) is 0. The van der Waals surface area contributed by atoms with Crippen LogP contribution in [-0.2, 0) is 11.5 Å². The highest BCUT2D eigenvalue weighted by Crippen LogP contribution is 2.35. The Kier molecular flexibility index (Phi) is 3.32. The molecule has 0 bridgehead atoms. The fourth-order valence-corrected chi connectivity index (χ4v) is 1.56. The molecule has 0 saturated carbocycles. The van der Waals surface area contributed by atoms with Gasteiger partial charge in [-0.25, -0.2) is 13.2 Å². The highest BCUT2D eigenvalue weighted by molar-refractivity contribution is 9.08. The van der Waals surface area contributed by atoms with Crippen molar-refractivity contribution in [2.45, 2.75) is 11.5 Å². The lowest BCUT2D eigenvalue weighted by Crippen LogP contribution is -2.12. The van der Waals surface area contributed by atoms with Crippen LogP contribution in [0.15, 0.2) is 6.07 Å². The van der Waals surface area contributed by atoms with Gasteiger partial charge < -0.3 is 0 Å². The fraction of sp³-hybridized carbons (Fsp3) is 0.250. The molecule has 84 valence electrons. The number of alkyl halides is 4. The highest BCUT2D eigenvalue weighted by Gasteiger charge is 2.36. The third kappa shape index (κ3) is 2.27. The van der Waals surface area contributed by atoms with E-state index in [1.807, 2.05) is 0 Å². The maximum absolute atomic E-state index is 12.9. The second-order valence-electron chi connectivity index (χ2n) is 2.64. The molecule has 0 atom stereocenters. The summed E-state index contributed by atoms with van der Waals surface area (Å²) in [5.41, 5.74) is -2.46. The van der Waals surface area contributed by atoms with Gasteiger partial charge in [0.1, 0.15) is 0 Å². The zero-order valence-corrected chi connectivity index (χ0v) is 8.52. The number of rotatable bonds is 1. The van der Waals surface area contributed by atoms with Gasteiger partial charge in [0.15, 0.2) is 17.5 Å². The molecule has 7 heteroatoms. The summed E-state index contributed by atoms with van der Waals surface area (Å²) in [4.78, 5) is 0. The van der Waals surface area contributed by atoms with Crippen molar-refractivity contribution in [2.24, 2.45) is 0 Å². The first-order valence-electron chi connectivity index (χ1n) is 3.58. The van der Waals surface area contributed by atoms with Gasteiger partial charge >= 0.3 is 6.18 Å². The molecule has 0 fully saturated rings. The van der Waals surface area contributed by atoms with Crippen LogP contribution in [0.25, 0.3) is 0 Å². The summed E-state index contributed by atoms with van der Waals surface area (Å²) in [6.07, 6.45) is -4.92. The van der Waals surface area contributed by atoms with Gasteiger partial charge in [0.2, 0.25) is 0 Å². The van der Waals surface area contributed by atoms with Gasteiger partial charge in [-0.05, 0) is 6.07 Å². The summed E-state index contributed by atoms with van der Waals surface area (Å²) in [5, 5.41) is -0.551. The first kappa shape index (κ1) is 12.4. The standard InChI is InChI=1S/C8H3BrF6/c9-2-3-4(8(13,14)15)1-5(10)7(12)6(3)11/h1H,2H2. The minimum Gasteiger partial charge on any atom is -0.204 e. The molecule has 0 spiro atoms. The molecule has 1 aromatic carbocycles. The highest BCUT2D eigenvalue weighted by atomic mass is 79.9. The van der Waals surface area contributed by atoms with Crippen molar-refractivity contribution in [2.75, 3.05) is 0 Å². The first-order chi connectivity index (χ1) is 6.79. The molecule has 1 aromatic rings. The van der Waals surface area contributed by atoms with Crippen molar-refractivity contribution < 1.29 is 26.3 Å². The van der Waals surface area contributed by atoms with E-state index in [4.69, 9.17) is 0 Å². The van der Waals surface area contributed by atoms with Crippen molar-refractivity contribution in [3.8, 4) is 0 Å². The lowest BCUT2D eigenvalue weighted by atomic mass is 10.1. The van der Waals surface area contributed by atoms with Crippen molar-refractivity contribution >= 4 is 15.9 Å². The Morgan fingerprint density at radius 2 is 1.60 bits per heavy atom. The van der Waals surface area contributed by atoms with Gasteiger partial charge in [-0.3, -0.25) is 0 Å². The minimum atomic E-state index is -4.92. The quantitative estimate of drug-likeness (QED) is 0.417. The van der Waals surface area contributed by atoms with Crippen LogP contribution in [0, 0.1) is 17.5 Å². The maximum atomic E-state index is 12.9. The van der Waals surface area contributed by atoms with Crippen LogP contribution in [-0.4, -0.2) is 0 Å². The van der Waals surface area contributed by atoms with E-state index >= 15 is 0 Å². The number of hydrogen-bond donors (Lipinski definition) is 0. The van der Waals surface area contributed by atoms with Crippen LogP contribution >= 0.6 is 15.9 Å². The Balaban J connectivity index is 3.53. The van der Waals surface area contributed by atoms with Gasteiger partial charge in [-0.1, -0.05) is 15.9 Å². The molecular formula is C8H3BrF6. The van der Waals surface area contributed by atoms with E-state index in [1.54, 1.807) is 0 Å². The summed E-state index contributed by atoms with van der Waals surface area (Å²) in [5.74, 6) is -5.58. The van der Waals surface area contributed by atoms with E-state index < -0.39 is 40.1 Å². The second-order valence-corrected chi connectivity index (χ2v) is 3.20. The third-order valence-corrected chi connectivity index (χ3v) is 2.26. The largest absolute Gasteiger partial charge is 0.416 e. The number of halogens is 7. The summed E-state index contributed by atoms with van der Waals surface area (Å²) in [6, 6.07) is -0.0605. The van der Waals surface area contributed by atoms with Gasteiger partial charge in [0.05, 0.1) is 5.56 Å². The SMILES string of the molecule is Fc1cc(C(F)(F)F)c(CBr)c(F)c1F. The van der Waals surface area contributed by atoms with E-state index in [9.17, 15) is 26.3 Å². The molecule has 0 amide bonds. The van der Waals surface area contributed by atoms with Gasteiger partial charge in [-0.15, -0.1) is 0 Å². The predicted molar refractivity (Wildman–Crippen MR) is 43.9 cm³/mol. The fourth-order valence-electron chi connectivity index (χ4n) is 1.02. The van der Waals surface area contributed by atoms with Crippen LogP contribution in [0.1, 0.15) is 11.1 Å². The van der Waals surface area contributed by atoms with Crippen molar-refractivity contribution in [1.82, 2.24) is 0 Å². The van der Waals surface area contributed by atoms with E-state index in [1.165, 1.54) is 0 Å². The smallest absolute Gasteiger partial charge is 0.204 e. The average molecular weight is 293 g/mol. The van der Waals surface area contributed by atoms with Crippen molar-refractivity contribution in [3.05, 3.63) is 34.6 Å². The molecule has 0 saturated heterocycles. The third-order valence-electron chi connectivity index (χ3n) is 1.70. The monoisotopic (exact) mass is 292 g/mol. The van der Waals surface area contributed by atoms with Crippen LogP contribution in [0.3, 0.4) is 0 Å². The second kappa shape index (κ2) is 4.03. The Labute approximate surface area is 89.0 Å². The molecule has 0 unspecified atom stereocenters. The average Bonchev–Trinajstić information content (AvgIpc) is 2.12. The topological polar surface area (TPSA) is 0 Å². The Bertz CT molecular complexity index is 384. The number of benzene rings is 1. The van der Waals surface area contributed by atoms with E-state index in [-0.39, 0.29) is 6.07 Å². The van der Waals surface area contributed by atoms with Crippen LogP contribution in [0.2, 0.25) is 0 Å². The Morgan fingerprint density at radius 3 is 2.00 bits per heavy atom. The molecule has 0 heterocycles. The first-order valence-corrected chi connectivity index (χ1v) is 4.70. The Morgan fingerprint density at radius 1 is 1.07 bits per heavy atom. The van der Waals surface area contributed by atoms with Crippen LogP contribution in [0.4, 0.5) is 26.3 Å². The maximum Gasteiger partial charge on any atom is 0.416 e.